The summed E-state index contributed by atoms with van der Waals surface area (Å²) in [5.74, 6) is -0.919. The Morgan fingerprint density at radius 1 is 1.39 bits per heavy atom. The largest absolute Gasteiger partial charge is 0.478 e. The van der Waals surface area contributed by atoms with E-state index in [2.05, 4.69) is 4.98 Å². The van der Waals surface area contributed by atoms with E-state index in [-0.39, 0.29) is 6.61 Å². The zero-order chi connectivity index (χ0) is 13.0. The zero-order valence-electron chi connectivity index (χ0n) is 9.67. The maximum atomic E-state index is 10.9. The van der Waals surface area contributed by atoms with Gasteiger partial charge in [0.15, 0.2) is 0 Å². The van der Waals surface area contributed by atoms with Crippen molar-refractivity contribution >= 4 is 17.3 Å². The van der Waals surface area contributed by atoms with E-state index in [9.17, 15) is 4.79 Å². The van der Waals surface area contributed by atoms with Crippen LogP contribution in [0.3, 0.4) is 0 Å². The predicted octanol–water partition coefficient (Wildman–Crippen LogP) is 1.97. The van der Waals surface area contributed by atoms with Crippen LogP contribution < -0.4 is 0 Å². The smallest absolute Gasteiger partial charge is 0.335 e. The number of aliphatic hydroxyl groups is 1. The van der Waals surface area contributed by atoms with Gasteiger partial charge in [-0.15, -0.1) is 11.3 Å². The van der Waals surface area contributed by atoms with Gasteiger partial charge >= 0.3 is 5.97 Å². The van der Waals surface area contributed by atoms with Gasteiger partial charge in [-0.3, -0.25) is 0 Å². The van der Waals surface area contributed by atoms with Crippen molar-refractivity contribution < 1.29 is 15.0 Å². The fraction of sp³-hybridized carbons (Fsp3) is 0.231. The van der Waals surface area contributed by atoms with Crippen molar-refractivity contribution in [3.05, 3.63) is 51.5 Å². The van der Waals surface area contributed by atoms with Gasteiger partial charge in [0.1, 0.15) is 0 Å². The number of aromatic nitrogens is 1. The first kappa shape index (κ1) is 12.7. The van der Waals surface area contributed by atoms with E-state index in [1.165, 1.54) is 11.3 Å². The van der Waals surface area contributed by atoms with Crippen LogP contribution in [0.4, 0.5) is 0 Å². The third-order valence-electron chi connectivity index (χ3n) is 2.50. The molecule has 0 bridgehead atoms. The third-order valence-corrected chi connectivity index (χ3v) is 3.39. The van der Waals surface area contributed by atoms with Crippen LogP contribution in [0.2, 0.25) is 0 Å². The Morgan fingerprint density at radius 2 is 2.22 bits per heavy atom. The van der Waals surface area contributed by atoms with Gasteiger partial charge in [-0.1, -0.05) is 12.1 Å². The summed E-state index contributed by atoms with van der Waals surface area (Å²) in [7, 11) is 0. The minimum atomic E-state index is -0.919. The van der Waals surface area contributed by atoms with E-state index >= 15 is 0 Å². The lowest BCUT2D eigenvalue weighted by atomic mass is 10.1. The Labute approximate surface area is 109 Å². The summed E-state index contributed by atoms with van der Waals surface area (Å²) in [6.07, 6.45) is 1.18. The second-order valence-corrected chi connectivity index (χ2v) is 4.83. The summed E-state index contributed by atoms with van der Waals surface area (Å²) in [4.78, 5) is 15.2. The van der Waals surface area contributed by atoms with Crippen molar-refractivity contribution in [2.24, 2.45) is 0 Å². The molecule has 1 aromatic carbocycles. The molecule has 0 radical (unpaired) electrons. The number of carbonyl (C=O) groups is 1. The molecule has 94 valence electrons. The zero-order valence-corrected chi connectivity index (χ0v) is 10.5. The van der Waals surface area contributed by atoms with Crippen LogP contribution >= 0.6 is 11.3 Å². The average Bonchev–Trinajstić information content (AvgIpc) is 2.77. The average molecular weight is 263 g/mol. The predicted molar refractivity (Wildman–Crippen MR) is 69.1 cm³/mol. The fourth-order valence-electron chi connectivity index (χ4n) is 1.65. The number of hydrogen-bond acceptors (Lipinski definition) is 4. The molecule has 4 nitrogen and oxygen atoms in total. The van der Waals surface area contributed by atoms with E-state index in [0.717, 1.165) is 16.3 Å². The first-order valence-corrected chi connectivity index (χ1v) is 6.43. The highest BCUT2D eigenvalue weighted by Gasteiger charge is 2.06. The first-order valence-electron chi connectivity index (χ1n) is 5.55. The lowest BCUT2D eigenvalue weighted by molar-refractivity contribution is 0.0696. The molecule has 1 heterocycles. The topological polar surface area (TPSA) is 70.4 Å². The number of carboxylic acid groups (broad SMARTS) is 1. The van der Waals surface area contributed by atoms with Crippen LogP contribution in [0.15, 0.2) is 29.6 Å². The van der Waals surface area contributed by atoms with Gasteiger partial charge in [0.05, 0.1) is 16.3 Å². The molecule has 0 amide bonds. The number of benzene rings is 1. The van der Waals surface area contributed by atoms with Crippen LogP contribution in [0.5, 0.6) is 0 Å². The highest BCUT2D eigenvalue weighted by Crippen LogP contribution is 2.16. The lowest BCUT2D eigenvalue weighted by Gasteiger charge is -2.00. The maximum Gasteiger partial charge on any atom is 0.335 e. The fourth-order valence-corrected chi connectivity index (χ4v) is 2.51. The van der Waals surface area contributed by atoms with E-state index in [1.807, 2.05) is 11.4 Å². The van der Waals surface area contributed by atoms with Gasteiger partial charge in [0.2, 0.25) is 0 Å². The molecule has 0 spiro atoms. The quantitative estimate of drug-likeness (QED) is 0.865. The van der Waals surface area contributed by atoms with Crippen LogP contribution in [0.25, 0.3) is 0 Å². The molecule has 0 atom stereocenters. The molecule has 18 heavy (non-hydrogen) atoms. The summed E-state index contributed by atoms with van der Waals surface area (Å²) in [5.41, 5.74) is 2.10. The molecular formula is C13H13NO3S. The molecule has 0 unspecified atom stereocenters. The highest BCUT2D eigenvalue weighted by molar-refractivity contribution is 7.09. The highest BCUT2D eigenvalue weighted by atomic mass is 32.1. The maximum absolute atomic E-state index is 10.9. The Balaban J connectivity index is 2.12. The summed E-state index contributed by atoms with van der Waals surface area (Å²) in [6, 6.07) is 6.86. The number of hydrogen-bond donors (Lipinski definition) is 2. The normalized spacial score (nSPS) is 10.5. The van der Waals surface area contributed by atoms with Crippen molar-refractivity contribution in [3.8, 4) is 0 Å². The van der Waals surface area contributed by atoms with Crippen LogP contribution in [0, 0.1) is 0 Å². The van der Waals surface area contributed by atoms with Crippen molar-refractivity contribution in [2.75, 3.05) is 6.61 Å². The van der Waals surface area contributed by atoms with Crippen LogP contribution in [0.1, 0.15) is 26.6 Å². The van der Waals surface area contributed by atoms with Crippen molar-refractivity contribution in [1.82, 2.24) is 4.98 Å². The van der Waals surface area contributed by atoms with Crippen molar-refractivity contribution in [1.29, 1.82) is 0 Å². The van der Waals surface area contributed by atoms with Crippen molar-refractivity contribution in [2.45, 2.75) is 12.8 Å². The standard InChI is InChI=1S/C13H13NO3S/c15-5-4-11-8-18-12(14-11)7-9-2-1-3-10(6-9)13(16)17/h1-3,6,8,15H,4-5,7H2,(H,16,17). The number of aliphatic hydroxyl groups excluding tert-OH is 1. The molecule has 0 saturated heterocycles. The molecule has 1 aromatic heterocycles. The van der Waals surface area contributed by atoms with E-state index in [4.69, 9.17) is 10.2 Å². The molecule has 5 heteroatoms. The number of nitrogens with zero attached hydrogens (tertiary/aromatic N) is 1. The van der Waals surface area contributed by atoms with Gasteiger partial charge in [-0.25, -0.2) is 9.78 Å². The SMILES string of the molecule is O=C(O)c1cccc(Cc2nc(CCO)cs2)c1. The number of aromatic carboxylic acids is 1. The molecule has 0 fully saturated rings. The molecule has 2 aromatic rings. The Morgan fingerprint density at radius 3 is 2.94 bits per heavy atom. The van der Waals surface area contributed by atoms with Gasteiger partial charge in [-0.05, 0) is 17.7 Å². The Hall–Kier alpha value is -1.72. The Bertz CT molecular complexity index is 551. The Kier molecular flexibility index (Phi) is 4.07. The number of rotatable bonds is 5. The van der Waals surface area contributed by atoms with Gasteiger partial charge < -0.3 is 10.2 Å². The summed E-state index contributed by atoms with van der Waals surface area (Å²) in [6.45, 7) is 0.0949. The second-order valence-electron chi connectivity index (χ2n) is 3.89. The lowest BCUT2D eigenvalue weighted by Crippen LogP contribution is -1.98. The minimum Gasteiger partial charge on any atom is -0.478 e. The second kappa shape index (κ2) is 5.75. The van der Waals surface area contributed by atoms with Gasteiger partial charge in [0, 0.05) is 24.8 Å². The third kappa shape index (κ3) is 3.15. The molecular weight excluding hydrogens is 250 g/mol. The molecule has 0 aliphatic carbocycles. The molecule has 2 rings (SSSR count). The summed E-state index contributed by atoms with van der Waals surface area (Å²) < 4.78 is 0. The first-order chi connectivity index (χ1) is 8.69. The van der Waals surface area contributed by atoms with E-state index < -0.39 is 5.97 Å². The van der Waals surface area contributed by atoms with E-state index in [0.29, 0.717) is 18.4 Å². The van der Waals surface area contributed by atoms with Crippen molar-refractivity contribution in [3.63, 3.8) is 0 Å². The summed E-state index contributed by atoms with van der Waals surface area (Å²) in [5, 5.41) is 20.6. The molecule has 0 aliphatic heterocycles. The minimum absolute atomic E-state index is 0.0949. The monoisotopic (exact) mass is 263 g/mol. The van der Waals surface area contributed by atoms with Crippen LogP contribution in [-0.2, 0) is 12.8 Å². The molecule has 2 N–H and O–H groups in total. The van der Waals surface area contributed by atoms with E-state index in [1.54, 1.807) is 18.2 Å². The van der Waals surface area contributed by atoms with Gasteiger partial charge in [-0.2, -0.15) is 0 Å². The number of thiazole rings is 1. The summed E-state index contributed by atoms with van der Waals surface area (Å²) >= 11 is 1.53. The van der Waals surface area contributed by atoms with Crippen LogP contribution in [-0.4, -0.2) is 27.8 Å². The molecule has 0 saturated carbocycles. The molecule has 0 aliphatic rings. The number of carboxylic acids is 1. The van der Waals surface area contributed by atoms with Gasteiger partial charge in [0.25, 0.3) is 0 Å².